The van der Waals surface area contributed by atoms with Gasteiger partial charge in [-0.25, -0.2) is 13.2 Å². The summed E-state index contributed by atoms with van der Waals surface area (Å²) in [6.45, 7) is 2.12. The SMILES string of the molecule is CCCc1ccc2c(c1)CCC(O)(c1cc(F)c(F)c(F)c1)C2. The van der Waals surface area contributed by atoms with Crippen molar-refractivity contribution in [2.75, 3.05) is 0 Å². The molecule has 0 bridgehead atoms. The summed E-state index contributed by atoms with van der Waals surface area (Å²) in [5.74, 6) is -4.03. The van der Waals surface area contributed by atoms with Gasteiger partial charge in [0, 0.05) is 6.42 Å². The van der Waals surface area contributed by atoms with Gasteiger partial charge in [-0.3, -0.25) is 0 Å². The van der Waals surface area contributed by atoms with E-state index in [9.17, 15) is 18.3 Å². The summed E-state index contributed by atoms with van der Waals surface area (Å²) < 4.78 is 40.1. The van der Waals surface area contributed by atoms with Crippen LogP contribution >= 0.6 is 0 Å². The zero-order valence-corrected chi connectivity index (χ0v) is 13.0. The molecule has 0 aliphatic heterocycles. The molecular weight excluding hydrogens is 301 g/mol. The van der Waals surface area contributed by atoms with Crippen LogP contribution in [0.1, 0.15) is 42.0 Å². The smallest absolute Gasteiger partial charge is 0.194 e. The summed E-state index contributed by atoms with van der Waals surface area (Å²) in [6, 6.07) is 7.94. The van der Waals surface area contributed by atoms with E-state index in [1.165, 1.54) is 11.1 Å². The second-order valence-electron chi connectivity index (χ2n) is 6.32. The topological polar surface area (TPSA) is 20.2 Å². The number of aryl methyl sites for hydroxylation is 2. The zero-order valence-electron chi connectivity index (χ0n) is 13.0. The lowest BCUT2D eigenvalue weighted by Gasteiger charge is -2.34. The zero-order chi connectivity index (χ0) is 16.6. The fourth-order valence-corrected chi connectivity index (χ4v) is 3.34. The van der Waals surface area contributed by atoms with Gasteiger partial charge < -0.3 is 5.11 Å². The molecule has 1 N–H and O–H groups in total. The van der Waals surface area contributed by atoms with Crippen molar-refractivity contribution in [3.05, 3.63) is 70.0 Å². The number of fused-ring (bicyclic) bond motifs is 1. The molecule has 1 atom stereocenters. The second kappa shape index (κ2) is 6.00. The lowest BCUT2D eigenvalue weighted by atomic mass is 9.76. The highest BCUT2D eigenvalue weighted by Crippen LogP contribution is 2.37. The molecular formula is C19H19F3O. The minimum absolute atomic E-state index is 0.0946. The Kier molecular flexibility index (Phi) is 4.19. The van der Waals surface area contributed by atoms with Crippen LogP contribution in [0.15, 0.2) is 30.3 Å². The van der Waals surface area contributed by atoms with Crippen molar-refractivity contribution in [2.45, 2.75) is 44.6 Å². The van der Waals surface area contributed by atoms with Crippen molar-refractivity contribution in [1.29, 1.82) is 0 Å². The molecule has 0 spiro atoms. The van der Waals surface area contributed by atoms with Gasteiger partial charge in [-0.15, -0.1) is 0 Å². The number of aliphatic hydroxyl groups is 1. The van der Waals surface area contributed by atoms with Gasteiger partial charge in [0.25, 0.3) is 0 Å². The molecule has 122 valence electrons. The first kappa shape index (κ1) is 16.1. The molecule has 1 aliphatic carbocycles. The maximum atomic E-state index is 13.5. The number of benzene rings is 2. The second-order valence-corrected chi connectivity index (χ2v) is 6.32. The minimum Gasteiger partial charge on any atom is -0.385 e. The number of hydrogen-bond acceptors (Lipinski definition) is 1. The largest absolute Gasteiger partial charge is 0.385 e. The monoisotopic (exact) mass is 320 g/mol. The molecule has 0 radical (unpaired) electrons. The third-order valence-electron chi connectivity index (χ3n) is 4.62. The Hall–Kier alpha value is -1.81. The van der Waals surface area contributed by atoms with E-state index in [2.05, 4.69) is 13.0 Å². The maximum Gasteiger partial charge on any atom is 0.194 e. The summed E-state index contributed by atoms with van der Waals surface area (Å²) >= 11 is 0. The Bertz CT molecular complexity index is 718. The lowest BCUT2D eigenvalue weighted by Crippen LogP contribution is -2.33. The van der Waals surface area contributed by atoms with E-state index < -0.39 is 23.1 Å². The Morgan fingerprint density at radius 2 is 1.74 bits per heavy atom. The third-order valence-corrected chi connectivity index (χ3v) is 4.62. The van der Waals surface area contributed by atoms with E-state index in [1.807, 2.05) is 12.1 Å². The van der Waals surface area contributed by atoms with Crippen molar-refractivity contribution in [3.8, 4) is 0 Å². The molecule has 0 saturated carbocycles. The highest BCUT2D eigenvalue weighted by atomic mass is 19.2. The van der Waals surface area contributed by atoms with Crippen LogP contribution in [0.3, 0.4) is 0 Å². The van der Waals surface area contributed by atoms with Crippen molar-refractivity contribution >= 4 is 0 Å². The highest BCUT2D eigenvalue weighted by Gasteiger charge is 2.35. The van der Waals surface area contributed by atoms with Gasteiger partial charge in [0.05, 0.1) is 5.60 Å². The Morgan fingerprint density at radius 1 is 1.04 bits per heavy atom. The van der Waals surface area contributed by atoms with E-state index in [4.69, 9.17) is 0 Å². The fraction of sp³-hybridized carbons (Fsp3) is 0.368. The average Bonchev–Trinajstić information content (AvgIpc) is 2.52. The van der Waals surface area contributed by atoms with E-state index in [0.29, 0.717) is 12.8 Å². The van der Waals surface area contributed by atoms with Crippen molar-refractivity contribution in [3.63, 3.8) is 0 Å². The standard InChI is InChI=1S/C19H19F3O/c1-2-3-12-4-5-14-11-19(23,7-6-13(14)8-12)15-9-16(20)18(22)17(21)10-15/h4-5,8-10,23H,2-3,6-7,11H2,1H3. The number of halogens is 3. The van der Waals surface area contributed by atoms with Crippen LogP contribution in [0.2, 0.25) is 0 Å². The molecule has 1 nitrogen and oxygen atoms in total. The minimum atomic E-state index is -1.50. The molecule has 0 aromatic heterocycles. The predicted molar refractivity (Wildman–Crippen MR) is 82.7 cm³/mol. The molecule has 2 aromatic carbocycles. The molecule has 4 heteroatoms. The van der Waals surface area contributed by atoms with Crippen LogP contribution in [0.4, 0.5) is 13.2 Å². The first-order valence-electron chi connectivity index (χ1n) is 7.91. The molecule has 0 heterocycles. The van der Waals surface area contributed by atoms with Crippen LogP contribution in [0, 0.1) is 17.5 Å². The van der Waals surface area contributed by atoms with Gasteiger partial charge in [-0.05, 0) is 53.6 Å². The molecule has 0 amide bonds. The van der Waals surface area contributed by atoms with Gasteiger partial charge in [0.1, 0.15) is 0 Å². The van der Waals surface area contributed by atoms with Crippen LogP contribution < -0.4 is 0 Å². The van der Waals surface area contributed by atoms with Crippen molar-refractivity contribution < 1.29 is 18.3 Å². The molecule has 1 unspecified atom stereocenters. The van der Waals surface area contributed by atoms with Crippen LogP contribution in [-0.4, -0.2) is 5.11 Å². The first-order chi connectivity index (χ1) is 10.9. The molecule has 3 rings (SSSR count). The van der Waals surface area contributed by atoms with E-state index in [-0.39, 0.29) is 12.0 Å². The van der Waals surface area contributed by atoms with E-state index >= 15 is 0 Å². The summed E-state index contributed by atoms with van der Waals surface area (Å²) in [6.07, 6.45) is 3.34. The van der Waals surface area contributed by atoms with Crippen LogP contribution in [0.25, 0.3) is 0 Å². The fourth-order valence-electron chi connectivity index (χ4n) is 3.34. The maximum absolute atomic E-state index is 13.5. The van der Waals surface area contributed by atoms with Crippen LogP contribution in [0.5, 0.6) is 0 Å². The van der Waals surface area contributed by atoms with Crippen molar-refractivity contribution in [1.82, 2.24) is 0 Å². The van der Waals surface area contributed by atoms with Gasteiger partial charge in [0.15, 0.2) is 17.5 Å². The molecule has 23 heavy (non-hydrogen) atoms. The van der Waals surface area contributed by atoms with E-state index in [0.717, 1.165) is 30.5 Å². The number of hydrogen-bond donors (Lipinski definition) is 1. The van der Waals surface area contributed by atoms with Crippen molar-refractivity contribution in [2.24, 2.45) is 0 Å². The molecule has 2 aromatic rings. The Balaban J connectivity index is 1.94. The summed E-state index contributed by atoms with van der Waals surface area (Å²) in [7, 11) is 0. The van der Waals surface area contributed by atoms with Crippen LogP contribution in [-0.2, 0) is 24.9 Å². The molecule has 1 aliphatic rings. The summed E-state index contributed by atoms with van der Waals surface area (Å²) in [4.78, 5) is 0. The normalized spacial score (nSPS) is 20.4. The molecule has 0 fully saturated rings. The van der Waals surface area contributed by atoms with Gasteiger partial charge in [-0.1, -0.05) is 31.5 Å². The van der Waals surface area contributed by atoms with Gasteiger partial charge >= 0.3 is 0 Å². The number of rotatable bonds is 3. The molecule has 0 saturated heterocycles. The lowest BCUT2D eigenvalue weighted by molar-refractivity contribution is 0.0215. The summed E-state index contributed by atoms with van der Waals surface area (Å²) in [5, 5.41) is 10.8. The van der Waals surface area contributed by atoms with E-state index in [1.54, 1.807) is 0 Å². The average molecular weight is 320 g/mol. The van der Waals surface area contributed by atoms with Gasteiger partial charge in [-0.2, -0.15) is 0 Å². The highest BCUT2D eigenvalue weighted by molar-refractivity contribution is 5.38. The first-order valence-corrected chi connectivity index (χ1v) is 7.91. The Morgan fingerprint density at radius 3 is 2.39 bits per heavy atom. The summed E-state index contributed by atoms with van der Waals surface area (Å²) in [5.41, 5.74) is 2.13. The third kappa shape index (κ3) is 3.00. The predicted octanol–water partition coefficient (Wildman–Crippen LogP) is 4.43. The Labute approximate surface area is 133 Å². The van der Waals surface area contributed by atoms with Gasteiger partial charge in [0.2, 0.25) is 0 Å². The quantitative estimate of drug-likeness (QED) is 0.829.